The normalized spacial score (nSPS) is 13.1. The van der Waals surface area contributed by atoms with Crippen LogP contribution in [0.2, 0.25) is 5.02 Å². The van der Waals surface area contributed by atoms with E-state index in [2.05, 4.69) is 22.2 Å². The highest BCUT2D eigenvalue weighted by atomic mass is 35.5. The number of hydrogen-bond donors (Lipinski definition) is 2. The average molecular weight is 444 g/mol. The zero-order chi connectivity index (χ0) is 21.5. The Kier molecular flexibility index (Phi) is 7.43. The molecule has 2 amide bonds. The van der Waals surface area contributed by atoms with E-state index < -0.39 is 0 Å². The molecule has 1 aliphatic rings. The number of rotatable bonds is 8. The lowest BCUT2D eigenvalue weighted by Crippen LogP contribution is -2.26. The van der Waals surface area contributed by atoms with Gasteiger partial charge in [0.05, 0.1) is 18.2 Å². The summed E-state index contributed by atoms with van der Waals surface area (Å²) in [5.74, 6) is 0.131. The van der Waals surface area contributed by atoms with E-state index in [9.17, 15) is 9.59 Å². The Bertz CT molecular complexity index is 1030. The Labute approximate surface area is 184 Å². The molecule has 0 saturated heterocycles. The van der Waals surface area contributed by atoms with Crippen molar-refractivity contribution in [3.05, 3.63) is 74.6 Å². The second-order valence-electron chi connectivity index (χ2n) is 6.58. The molecule has 30 heavy (non-hydrogen) atoms. The molecule has 3 rings (SSSR count). The second-order valence-corrected chi connectivity index (χ2v) is 8.01. The number of carbonyl (C=O) groups is 2. The zero-order valence-corrected chi connectivity index (χ0v) is 18.1. The Hall–Kier alpha value is -2.90. The van der Waals surface area contributed by atoms with Gasteiger partial charge in [0.25, 0.3) is 11.8 Å². The number of carbonyl (C=O) groups excluding carboxylic acids is 2. The predicted octanol–water partition coefficient (Wildman–Crippen LogP) is 3.80. The van der Waals surface area contributed by atoms with Crippen LogP contribution in [-0.4, -0.2) is 24.6 Å². The van der Waals surface area contributed by atoms with Crippen LogP contribution in [0.25, 0.3) is 0 Å². The molecule has 0 spiro atoms. The molecule has 0 fully saturated rings. The molecule has 156 valence electrons. The molecule has 0 aliphatic carbocycles. The maximum atomic E-state index is 12.6. The molecule has 6 nitrogen and oxygen atoms in total. The van der Waals surface area contributed by atoms with E-state index in [4.69, 9.17) is 16.3 Å². The van der Waals surface area contributed by atoms with Gasteiger partial charge in [0.15, 0.2) is 0 Å². The van der Waals surface area contributed by atoms with Crippen LogP contribution in [0.3, 0.4) is 0 Å². The van der Waals surface area contributed by atoms with Crippen LogP contribution < -0.4 is 15.4 Å². The van der Waals surface area contributed by atoms with Gasteiger partial charge >= 0.3 is 0 Å². The molecule has 0 saturated carbocycles. The highest BCUT2D eigenvalue weighted by Gasteiger charge is 2.14. The maximum absolute atomic E-state index is 12.6. The smallest absolute Gasteiger partial charge is 0.270 e. The van der Waals surface area contributed by atoms with Gasteiger partial charge < -0.3 is 15.4 Å². The predicted molar refractivity (Wildman–Crippen MR) is 120 cm³/mol. The van der Waals surface area contributed by atoms with Crippen LogP contribution >= 0.6 is 22.9 Å². The Morgan fingerprint density at radius 3 is 2.80 bits per heavy atom. The fraction of sp³-hybridized carbons (Fsp3) is 0.227. The lowest BCUT2D eigenvalue weighted by Gasteiger charge is -2.08. The first kappa shape index (κ1) is 21.8. The van der Waals surface area contributed by atoms with Gasteiger partial charge in [0.2, 0.25) is 0 Å². The van der Waals surface area contributed by atoms with Crippen LogP contribution in [0.1, 0.15) is 22.9 Å². The molecule has 1 aromatic carbocycles. The van der Waals surface area contributed by atoms with E-state index in [-0.39, 0.29) is 23.1 Å². The highest BCUT2D eigenvalue weighted by molar-refractivity contribution is 7.10. The van der Waals surface area contributed by atoms with Crippen molar-refractivity contribution in [3.63, 3.8) is 0 Å². The molecular weight excluding hydrogens is 422 g/mol. The van der Waals surface area contributed by atoms with E-state index in [1.54, 1.807) is 18.4 Å². The summed E-state index contributed by atoms with van der Waals surface area (Å²) in [7, 11) is 0. The molecule has 0 radical (unpaired) electrons. The number of ether oxygens (including phenoxy) is 1. The molecule has 0 atom stereocenters. The number of halogens is 1. The van der Waals surface area contributed by atoms with Gasteiger partial charge in [0, 0.05) is 35.0 Å². The first-order chi connectivity index (χ1) is 14.5. The van der Waals surface area contributed by atoms with Crippen molar-refractivity contribution >= 4 is 41.0 Å². The molecule has 2 aromatic rings. The number of nitrogens with one attached hydrogen (secondary N) is 2. The monoisotopic (exact) mass is 443 g/mol. The van der Waals surface area contributed by atoms with Crippen LogP contribution in [0.5, 0.6) is 5.75 Å². The number of thiophene rings is 1. The van der Waals surface area contributed by atoms with Gasteiger partial charge in [-0.15, -0.1) is 11.3 Å². The summed E-state index contributed by atoms with van der Waals surface area (Å²) in [4.78, 5) is 29.9. The van der Waals surface area contributed by atoms with Gasteiger partial charge in [-0.1, -0.05) is 30.3 Å². The molecule has 1 aromatic heterocycles. The third-order valence-corrected chi connectivity index (χ3v) is 5.64. The quantitative estimate of drug-likeness (QED) is 0.370. The summed E-state index contributed by atoms with van der Waals surface area (Å²) < 4.78 is 5.50. The third-order valence-electron chi connectivity index (χ3n) is 4.36. The lowest BCUT2D eigenvalue weighted by molar-refractivity contribution is -0.117. The molecule has 0 bridgehead atoms. The highest BCUT2D eigenvalue weighted by Crippen LogP contribution is 2.25. The van der Waals surface area contributed by atoms with Crippen LogP contribution in [0.15, 0.2) is 58.6 Å². The van der Waals surface area contributed by atoms with Gasteiger partial charge in [-0.25, -0.2) is 0 Å². The van der Waals surface area contributed by atoms with Crippen molar-refractivity contribution in [2.24, 2.45) is 4.99 Å². The minimum absolute atomic E-state index is 0.112. The number of nitrogens with zero attached hydrogens (tertiary/aromatic N) is 1. The first-order valence-corrected chi connectivity index (χ1v) is 10.6. The zero-order valence-electron chi connectivity index (χ0n) is 16.5. The summed E-state index contributed by atoms with van der Waals surface area (Å²) in [6, 6.07) is 7.65. The molecular formula is C22H22ClN3O3S. The van der Waals surface area contributed by atoms with Crippen molar-refractivity contribution in [1.82, 2.24) is 10.6 Å². The number of fused-ring (bicyclic) bond motifs is 1. The van der Waals surface area contributed by atoms with Gasteiger partial charge in [-0.3, -0.25) is 14.6 Å². The minimum Gasteiger partial charge on any atom is -0.493 e. The molecule has 2 N–H and O–H groups in total. The third kappa shape index (κ3) is 5.81. The van der Waals surface area contributed by atoms with Gasteiger partial charge in [-0.05, 0) is 36.3 Å². The number of benzene rings is 1. The molecule has 0 unspecified atom stereocenters. The SMILES string of the molecule is C=C(/C=C(\N=CC)C(=O)NCc1ccc2c(c1)CCO2)C(=O)NCc1cc(Cl)cs1. The minimum atomic E-state index is -0.385. The maximum Gasteiger partial charge on any atom is 0.270 e. The molecule has 2 heterocycles. The fourth-order valence-corrected chi connectivity index (χ4v) is 3.89. The Morgan fingerprint density at radius 2 is 2.07 bits per heavy atom. The topological polar surface area (TPSA) is 79.8 Å². The summed E-state index contributed by atoms with van der Waals surface area (Å²) in [5, 5.41) is 8.02. The summed E-state index contributed by atoms with van der Waals surface area (Å²) in [6.45, 7) is 6.83. The fourth-order valence-electron chi connectivity index (χ4n) is 2.88. The van der Waals surface area contributed by atoms with E-state index in [1.807, 2.05) is 18.2 Å². The summed E-state index contributed by atoms with van der Waals surface area (Å²) >= 11 is 7.34. The molecule has 8 heteroatoms. The Morgan fingerprint density at radius 1 is 1.27 bits per heavy atom. The lowest BCUT2D eigenvalue weighted by atomic mass is 10.1. The van der Waals surface area contributed by atoms with Crippen molar-refractivity contribution in [1.29, 1.82) is 0 Å². The number of aliphatic imine (C=N–C) groups is 1. The standard InChI is InChI=1S/C22H22ClN3O3S/c1-3-24-19(8-14(2)21(27)26-12-18-10-17(23)13-30-18)22(28)25-11-15-4-5-20-16(9-15)6-7-29-20/h3-5,8-10,13H,2,6-7,11-12H2,1H3,(H,25,28)(H,26,27)/b19-8-,24-3?. The van der Waals surface area contributed by atoms with Crippen LogP contribution in [0.4, 0.5) is 0 Å². The van der Waals surface area contributed by atoms with Crippen molar-refractivity contribution < 1.29 is 14.3 Å². The molecule has 1 aliphatic heterocycles. The first-order valence-electron chi connectivity index (χ1n) is 9.39. The van der Waals surface area contributed by atoms with Gasteiger partial charge in [-0.2, -0.15) is 0 Å². The second kappa shape index (κ2) is 10.2. The van der Waals surface area contributed by atoms with Crippen LogP contribution in [-0.2, 0) is 29.1 Å². The average Bonchev–Trinajstić information content (AvgIpc) is 3.37. The summed E-state index contributed by atoms with van der Waals surface area (Å²) in [5.41, 5.74) is 2.36. The summed E-state index contributed by atoms with van der Waals surface area (Å²) in [6.07, 6.45) is 3.74. The van der Waals surface area contributed by atoms with Crippen molar-refractivity contribution in [2.45, 2.75) is 26.4 Å². The number of hydrogen-bond acceptors (Lipinski definition) is 5. The number of amides is 2. The largest absolute Gasteiger partial charge is 0.493 e. The van der Waals surface area contributed by atoms with Crippen molar-refractivity contribution in [3.8, 4) is 5.75 Å². The van der Waals surface area contributed by atoms with E-state index in [0.29, 0.717) is 24.7 Å². The van der Waals surface area contributed by atoms with E-state index in [0.717, 1.165) is 28.2 Å². The van der Waals surface area contributed by atoms with E-state index >= 15 is 0 Å². The Balaban J connectivity index is 1.58. The van der Waals surface area contributed by atoms with Crippen molar-refractivity contribution in [2.75, 3.05) is 6.61 Å². The van der Waals surface area contributed by atoms with Crippen LogP contribution in [0, 0.1) is 0 Å². The van der Waals surface area contributed by atoms with E-state index in [1.165, 1.54) is 23.6 Å². The van der Waals surface area contributed by atoms with Gasteiger partial charge in [0.1, 0.15) is 11.4 Å².